The molecule has 0 fully saturated rings. The number of methoxy groups -OCH3 is 1. The van der Waals surface area contributed by atoms with Crippen LogP contribution in [-0.2, 0) is 34.5 Å². The van der Waals surface area contributed by atoms with Crippen LogP contribution in [0.4, 0.5) is 0 Å². The lowest BCUT2D eigenvalue weighted by Crippen LogP contribution is -2.23. The highest BCUT2D eigenvalue weighted by Gasteiger charge is 2.18. The first kappa shape index (κ1) is 21.3. The molecule has 0 radical (unpaired) electrons. The predicted octanol–water partition coefficient (Wildman–Crippen LogP) is 4.54. The predicted molar refractivity (Wildman–Crippen MR) is 113 cm³/mol. The number of rotatable bonds is 9. The van der Waals surface area contributed by atoms with Crippen LogP contribution in [0, 0.1) is 0 Å². The van der Waals surface area contributed by atoms with Crippen LogP contribution in [0.25, 0.3) is 0 Å². The topological polar surface area (TPSA) is 64.6 Å². The van der Waals surface area contributed by atoms with Crippen molar-refractivity contribution in [1.82, 2.24) is 4.72 Å². The largest absolute Gasteiger partial charge is 0.497 e. The van der Waals surface area contributed by atoms with E-state index < -0.39 is 10.0 Å². The fraction of sp³-hybridized carbons (Fsp3) is 0.182. The Morgan fingerprint density at radius 1 is 0.862 bits per heavy atom. The summed E-state index contributed by atoms with van der Waals surface area (Å²) in [4.78, 5) is -0.0131. The van der Waals surface area contributed by atoms with Crippen molar-refractivity contribution in [2.24, 2.45) is 0 Å². The van der Waals surface area contributed by atoms with Gasteiger partial charge in [-0.25, -0.2) is 13.1 Å². The number of hydrogen-bond acceptors (Lipinski definition) is 4. The van der Waals surface area contributed by atoms with E-state index in [9.17, 15) is 8.42 Å². The van der Waals surface area contributed by atoms with Crippen LogP contribution in [0.3, 0.4) is 0 Å². The molecule has 3 aromatic rings. The third-order valence-corrected chi connectivity index (χ3v) is 6.15. The van der Waals surface area contributed by atoms with Crippen molar-refractivity contribution in [3.8, 4) is 5.75 Å². The molecule has 5 nitrogen and oxygen atoms in total. The molecule has 0 saturated carbocycles. The van der Waals surface area contributed by atoms with Gasteiger partial charge in [0, 0.05) is 12.6 Å². The van der Waals surface area contributed by atoms with Crippen molar-refractivity contribution < 1.29 is 17.9 Å². The molecule has 1 N–H and O–H groups in total. The van der Waals surface area contributed by atoms with Gasteiger partial charge in [-0.2, -0.15) is 0 Å². The van der Waals surface area contributed by atoms with Gasteiger partial charge in [0.2, 0.25) is 10.0 Å². The summed E-state index contributed by atoms with van der Waals surface area (Å²) >= 11 is 6.06. The van der Waals surface area contributed by atoms with E-state index in [1.807, 2.05) is 54.6 Å². The van der Waals surface area contributed by atoms with E-state index in [-0.39, 0.29) is 16.5 Å². The lowest BCUT2D eigenvalue weighted by Gasteiger charge is -2.11. The van der Waals surface area contributed by atoms with Crippen molar-refractivity contribution in [3.05, 3.63) is 94.5 Å². The van der Waals surface area contributed by atoms with Gasteiger partial charge in [-0.1, -0.05) is 66.2 Å². The Kier molecular flexibility index (Phi) is 7.28. The van der Waals surface area contributed by atoms with Gasteiger partial charge in [0.25, 0.3) is 0 Å². The second-order valence-corrected chi connectivity index (χ2v) is 8.56. The molecule has 0 aromatic heterocycles. The van der Waals surface area contributed by atoms with Gasteiger partial charge in [-0.3, -0.25) is 0 Å². The van der Waals surface area contributed by atoms with E-state index in [4.69, 9.17) is 21.1 Å². The van der Waals surface area contributed by atoms with E-state index in [1.54, 1.807) is 6.07 Å². The highest BCUT2D eigenvalue weighted by atomic mass is 35.5. The first-order valence-corrected chi connectivity index (χ1v) is 10.9. The third-order valence-electron chi connectivity index (χ3n) is 4.27. The highest BCUT2D eigenvalue weighted by Crippen LogP contribution is 2.26. The maximum Gasteiger partial charge on any atom is 0.242 e. The summed E-state index contributed by atoms with van der Waals surface area (Å²) < 4.78 is 38.7. The lowest BCUT2D eigenvalue weighted by molar-refractivity contribution is 0.107. The molecule has 3 aromatic carbocycles. The van der Waals surface area contributed by atoms with E-state index in [0.29, 0.717) is 19.0 Å². The molecular formula is C22H22ClNO4S. The van der Waals surface area contributed by atoms with Gasteiger partial charge in [-0.05, 0) is 28.8 Å². The minimum atomic E-state index is -3.78. The average Bonchev–Trinajstić information content (AvgIpc) is 2.74. The molecule has 0 saturated heterocycles. The van der Waals surface area contributed by atoms with Crippen molar-refractivity contribution in [3.63, 3.8) is 0 Å². The fourth-order valence-corrected chi connectivity index (χ4v) is 4.29. The molecule has 0 heterocycles. The SMILES string of the molecule is COc1ccc(Cl)c(S(=O)(=O)NCc2cccc(COCc3ccccc3)c2)c1. The Morgan fingerprint density at radius 3 is 2.31 bits per heavy atom. The van der Waals surface area contributed by atoms with E-state index >= 15 is 0 Å². The maximum absolute atomic E-state index is 12.6. The van der Waals surface area contributed by atoms with Crippen LogP contribution in [0.2, 0.25) is 5.02 Å². The monoisotopic (exact) mass is 431 g/mol. The first-order chi connectivity index (χ1) is 14.0. The zero-order valence-corrected chi connectivity index (χ0v) is 17.5. The summed E-state index contributed by atoms with van der Waals surface area (Å²) in [5.74, 6) is 0.423. The standard InChI is InChI=1S/C22H22ClNO4S/c1-27-20-10-11-21(23)22(13-20)29(25,26)24-14-18-8-5-9-19(12-18)16-28-15-17-6-3-2-4-7-17/h2-13,24H,14-16H2,1H3. The number of hydrogen-bond donors (Lipinski definition) is 1. The Bertz CT molecular complexity index is 1060. The molecule has 0 spiro atoms. The molecule has 0 aliphatic carbocycles. The van der Waals surface area contributed by atoms with Crippen molar-refractivity contribution in [2.45, 2.75) is 24.7 Å². The smallest absolute Gasteiger partial charge is 0.242 e. The second kappa shape index (κ2) is 9.89. The quantitative estimate of drug-likeness (QED) is 0.540. The Balaban J connectivity index is 1.61. The highest BCUT2D eigenvalue weighted by molar-refractivity contribution is 7.89. The normalized spacial score (nSPS) is 11.4. The maximum atomic E-state index is 12.6. The van der Waals surface area contributed by atoms with Crippen molar-refractivity contribution in [2.75, 3.05) is 7.11 Å². The van der Waals surface area contributed by atoms with Gasteiger partial charge >= 0.3 is 0 Å². The summed E-state index contributed by atoms with van der Waals surface area (Å²) in [6.07, 6.45) is 0. The van der Waals surface area contributed by atoms with Crippen LogP contribution < -0.4 is 9.46 Å². The molecule has 3 rings (SSSR count). The number of sulfonamides is 1. The van der Waals surface area contributed by atoms with E-state index in [1.165, 1.54) is 19.2 Å². The van der Waals surface area contributed by atoms with Crippen LogP contribution in [0.1, 0.15) is 16.7 Å². The average molecular weight is 432 g/mol. The van der Waals surface area contributed by atoms with Crippen molar-refractivity contribution in [1.29, 1.82) is 0 Å². The van der Waals surface area contributed by atoms with Gasteiger partial charge in [0.05, 0.1) is 25.3 Å². The summed E-state index contributed by atoms with van der Waals surface area (Å²) in [6, 6.07) is 22.0. The molecule has 0 aliphatic rings. The minimum Gasteiger partial charge on any atom is -0.497 e. The zero-order chi connectivity index (χ0) is 20.7. The molecule has 152 valence electrons. The molecule has 0 atom stereocenters. The molecule has 0 unspecified atom stereocenters. The van der Waals surface area contributed by atoms with Crippen LogP contribution in [0.15, 0.2) is 77.7 Å². The fourth-order valence-electron chi connectivity index (χ4n) is 2.76. The van der Waals surface area contributed by atoms with Crippen LogP contribution >= 0.6 is 11.6 Å². The van der Waals surface area contributed by atoms with Crippen LogP contribution in [0.5, 0.6) is 5.75 Å². The van der Waals surface area contributed by atoms with E-state index in [0.717, 1.165) is 16.7 Å². The van der Waals surface area contributed by atoms with Gasteiger partial charge in [-0.15, -0.1) is 0 Å². The zero-order valence-electron chi connectivity index (χ0n) is 16.0. The summed E-state index contributed by atoms with van der Waals surface area (Å²) in [7, 11) is -2.31. The lowest BCUT2D eigenvalue weighted by atomic mass is 10.1. The third kappa shape index (κ3) is 6.05. The first-order valence-electron chi connectivity index (χ1n) is 9.00. The summed E-state index contributed by atoms with van der Waals surface area (Å²) in [5, 5.41) is 0.140. The molecule has 29 heavy (non-hydrogen) atoms. The molecule has 0 amide bonds. The number of ether oxygens (including phenoxy) is 2. The molecule has 7 heteroatoms. The number of halogens is 1. The number of benzene rings is 3. The molecule has 0 aliphatic heterocycles. The molecule has 0 bridgehead atoms. The number of nitrogens with one attached hydrogen (secondary N) is 1. The van der Waals surface area contributed by atoms with Gasteiger partial charge in [0.1, 0.15) is 10.6 Å². The summed E-state index contributed by atoms with van der Waals surface area (Å²) in [5.41, 5.74) is 2.90. The van der Waals surface area contributed by atoms with Crippen LogP contribution in [-0.4, -0.2) is 15.5 Å². The van der Waals surface area contributed by atoms with Crippen molar-refractivity contribution >= 4 is 21.6 Å². The Hall–Kier alpha value is -2.38. The summed E-state index contributed by atoms with van der Waals surface area (Å²) in [6.45, 7) is 1.10. The van der Waals surface area contributed by atoms with Gasteiger partial charge in [0.15, 0.2) is 0 Å². The van der Waals surface area contributed by atoms with E-state index in [2.05, 4.69) is 4.72 Å². The Morgan fingerprint density at radius 2 is 1.55 bits per heavy atom. The Labute approximate surface area is 176 Å². The second-order valence-electron chi connectivity index (χ2n) is 6.42. The minimum absolute atomic E-state index is 0.0131. The molecular weight excluding hydrogens is 410 g/mol. The van der Waals surface area contributed by atoms with Gasteiger partial charge < -0.3 is 9.47 Å².